The molecule has 0 fully saturated rings. The van der Waals surface area contributed by atoms with Crippen LogP contribution in [0.25, 0.3) is 22.0 Å². The Morgan fingerprint density at radius 1 is 0.958 bits per heavy atom. The molecule has 2 aromatic carbocycles. The summed E-state index contributed by atoms with van der Waals surface area (Å²) >= 11 is 0. The Labute approximate surface area is 159 Å². The van der Waals surface area contributed by atoms with Crippen LogP contribution in [0.15, 0.2) is 35.1 Å². The number of halogens is 1. The van der Waals surface area contributed by atoms with Crippen molar-refractivity contribution in [2.24, 2.45) is 0 Å². The minimum atomic E-state index is -0.559. The number of hydrogen-bond donors (Lipinski definition) is 0. The first-order chi connectivity index (χ1) is 11.1. The van der Waals surface area contributed by atoms with Crippen molar-refractivity contribution in [3.8, 4) is 22.8 Å². The zero-order valence-corrected chi connectivity index (χ0v) is 15.0. The third-order valence-electron chi connectivity index (χ3n) is 4.17. The van der Waals surface area contributed by atoms with Crippen molar-refractivity contribution in [3.63, 3.8) is 0 Å². The predicted molar refractivity (Wildman–Crippen MR) is 78.5 cm³/mol. The Morgan fingerprint density at radius 2 is 1.67 bits per heavy atom. The van der Waals surface area contributed by atoms with Crippen LogP contribution in [-0.2, 0) is 32.7 Å². The summed E-state index contributed by atoms with van der Waals surface area (Å²) in [6.45, 7) is 0.0938. The number of carbonyl (C=O) groups is 1. The van der Waals surface area contributed by atoms with Gasteiger partial charge in [0, 0.05) is 49.2 Å². The van der Waals surface area contributed by atoms with E-state index in [2.05, 4.69) is 4.98 Å². The summed E-state index contributed by atoms with van der Waals surface area (Å²) in [6, 6.07) is 7.03. The van der Waals surface area contributed by atoms with Gasteiger partial charge in [0.15, 0.2) is 17.3 Å². The van der Waals surface area contributed by atoms with Gasteiger partial charge in [-0.1, -0.05) is 6.07 Å². The van der Waals surface area contributed by atoms with Crippen LogP contribution >= 0.6 is 0 Å². The van der Waals surface area contributed by atoms with Crippen molar-refractivity contribution in [1.82, 2.24) is 4.98 Å². The predicted octanol–water partition coefficient (Wildman–Crippen LogP) is 2.23. The van der Waals surface area contributed by atoms with Crippen LogP contribution in [0.4, 0.5) is 4.39 Å². The topological polar surface area (TPSA) is 66.7 Å². The summed E-state index contributed by atoms with van der Waals surface area (Å²) in [5.74, 6) is 0.206. The molecular formula is C17H7FNO4Y-. The number of carbonyl (C=O) groups excluding carboxylic acids is 1. The van der Waals surface area contributed by atoms with Gasteiger partial charge in [-0.3, -0.25) is 4.79 Å². The standard InChI is InChI=1S/C17H8FNO4.Y/c18-7-1-2-8-11(3-7)17(21)19-15-9-4-12-13(23-6-22-12)5-10(9)16(20)14(8)15;/h1-5H,6H2,(H,19,20,21);/p-1. The maximum atomic E-state index is 13.4. The van der Waals surface area contributed by atoms with Crippen LogP contribution in [-0.4, -0.2) is 12.6 Å². The number of ether oxygens (including phenoxy) is 2. The molecule has 5 rings (SSSR count). The molecule has 1 aromatic heterocycles. The summed E-state index contributed by atoms with van der Waals surface area (Å²) < 4.78 is 24.0. The summed E-state index contributed by atoms with van der Waals surface area (Å²) in [5.41, 5.74) is 1.02. The summed E-state index contributed by atoms with van der Waals surface area (Å²) in [7, 11) is 0. The van der Waals surface area contributed by atoms with Gasteiger partial charge in [0.2, 0.25) is 6.79 Å². The molecule has 2 aliphatic rings. The minimum Gasteiger partial charge on any atom is -0.622 e. The van der Waals surface area contributed by atoms with Gasteiger partial charge in [-0.2, -0.15) is 0 Å². The molecule has 5 nitrogen and oxygen atoms in total. The van der Waals surface area contributed by atoms with Crippen molar-refractivity contribution < 1.29 is 51.4 Å². The van der Waals surface area contributed by atoms with Crippen LogP contribution in [0.2, 0.25) is 0 Å². The van der Waals surface area contributed by atoms with Crippen molar-refractivity contribution >= 4 is 16.6 Å². The second kappa shape index (κ2) is 5.23. The third-order valence-corrected chi connectivity index (χ3v) is 4.17. The molecule has 1 radical (unpaired) electrons. The molecular weight excluding hydrogens is 390 g/mol. The minimum absolute atomic E-state index is 0. The number of nitrogens with zero attached hydrogens (tertiary/aromatic N) is 1. The van der Waals surface area contributed by atoms with Gasteiger partial charge in [-0.15, -0.1) is 5.69 Å². The van der Waals surface area contributed by atoms with E-state index in [1.165, 1.54) is 12.1 Å². The number of hydrogen-bond acceptors (Lipinski definition) is 4. The average molecular weight is 397 g/mol. The Bertz CT molecular complexity index is 1110. The van der Waals surface area contributed by atoms with Gasteiger partial charge < -0.3 is 19.3 Å². The molecule has 2 heterocycles. The maximum absolute atomic E-state index is 13.4. The van der Waals surface area contributed by atoms with E-state index in [9.17, 15) is 14.0 Å². The molecule has 3 aromatic rings. The fraction of sp³-hybridized carbons (Fsp3) is 0.0588. The van der Waals surface area contributed by atoms with E-state index in [4.69, 9.17) is 9.47 Å². The monoisotopic (exact) mass is 397 g/mol. The zero-order valence-electron chi connectivity index (χ0n) is 12.1. The van der Waals surface area contributed by atoms with E-state index >= 15 is 0 Å². The van der Waals surface area contributed by atoms with E-state index in [0.717, 1.165) is 6.07 Å². The number of benzene rings is 2. The van der Waals surface area contributed by atoms with Crippen LogP contribution in [0.3, 0.4) is 0 Å². The normalized spacial score (nSPS) is 13.6. The molecule has 0 N–H and O–H groups in total. The quantitative estimate of drug-likeness (QED) is 0.456. The van der Waals surface area contributed by atoms with Gasteiger partial charge in [0.1, 0.15) is 5.82 Å². The van der Waals surface area contributed by atoms with Crippen LogP contribution in [0.1, 0.15) is 15.9 Å². The second-order valence-corrected chi connectivity index (χ2v) is 5.41. The first-order valence-corrected chi connectivity index (χ1v) is 6.92. The molecule has 115 valence electrons. The summed E-state index contributed by atoms with van der Waals surface area (Å²) in [5, 5.41) is 0.509. The molecule has 0 bridgehead atoms. The molecule has 1 aliphatic carbocycles. The summed E-state index contributed by atoms with van der Waals surface area (Å²) in [6.07, 6.45) is 0. The Balaban J connectivity index is 0.00000146. The Morgan fingerprint density at radius 3 is 2.42 bits per heavy atom. The van der Waals surface area contributed by atoms with Crippen LogP contribution in [0.5, 0.6) is 11.5 Å². The molecule has 0 saturated heterocycles. The van der Waals surface area contributed by atoms with Gasteiger partial charge in [0.25, 0.3) is 0 Å². The molecule has 0 atom stereocenters. The van der Waals surface area contributed by atoms with E-state index < -0.39 is 11.4 Å². The van der Waals surface area contributed by atoms with Gasteiger partial charge in [-0.05, 0) is 35.2 Å². The fourth-order valence-corrected chi connectivity index (χ4v) is 3.14. The van der Waals surface area contributed by atoms with E-state index in [-0.39, 0.29) is 50.7 Å². The Hall–Kier alpha value is -2.05. The van der Waals surface area contributed by atoms with Crippen LogP contribution < -0.4 is 20.0 Å². The molecule has 24 heavy (non-hydrogen) atoms. The number of rotatable bonds is 0. The first kappa shape index (κ1) is 15.5. The zero-order chi connectivity index (χ0) is 15.7. The fourth-order valence-electron chi connectivity index (χ4n) is 3.14. The molecule has 1 aliphatic heterocycles. The Kier molecular flexibility index (Phi) is 3.37. The number of fused-ring (bicyclic) bond motifs is 6. The number of aromatic nitrogens is 1. The van der Waals surface area contributed by atoms with Crippen molar-refractivity contribution in [1.29, 1.82) is 0 Å². The average Bonchev–Trinajstić information content (AvgIpc) is 3.10. The smallest absolute Gasteiger partial charge is 0.231 e. The van der Waals surface area contributed by atoms with Crippen molar-refractivity contribution in [2.75, 3.05) is 6.79 Å². The number of pyridine rings is 1. The molecule has 0 unspecified atom stereocenters. The molecule has 7 heteroatoms. The largest absolute Gasteiger partial charge is 0.622 e. The van der Waals surface area contributed by atoms with Gasteiger partial charge in [-0.25, -0.2) is 4.39 Å². The van der Waals surface area contributed by atoms with Gasteiger partial charge >= 0.3 is 0 Å². The van der Waals surface area contributed by atoms with E-state index in [1.807, 2.05) is 0 Å². The maximum Gasteiger partial charge on any atom is 0.231 e. The second-order valence-electron chi connectivity index (χ2n) is 5.41. The van der Waals surface area contributed by atoms with Gasteiger partial charge in [0.05, 0.1) is 5.56 Å². The summed E-state index contributed by atoms with van der Waals surface area (Å²) in [4.78, 5) is 29.0. The number of ketones is 1. The van der Waals surface area contributed by atoms with Crippen molar-refractivity contribution in [3.05, 3.63) is 57.6 Å². The van der Waals surface area contributed by atoms with Crippen LogP contribution in [0, 0.1) is 5.82 Å². The third kappa shape index (κ3) is 1.93. The van der Waals surface area contributed by atoms with E-state index in [1.54, 1.807) is 12.1 Å². The molecule has 0 saturated carbocycles. The molecule has 0 spiro atoms. The molecule has 0 amide bonds. The van der Waals surface area contributed by atoms with Crippen molar-refractivity contribution in [2.45, 2.75) is 0 Å². The SMILES string of the molecule is O=C1c2cc3c(cc2-c2[n-]c(=O)c4cc(F)ccc4c21)OCO3.[Y]. The first-order valence-electron chi connectivity index (χ1n) is 6.92. The van der Waals surface area contributed by atoms with E-state index in [0.29, 0.717) is 39.3 Å².